The summed E-state index contributed by atoms with van der Waals surface area (Å²) in [6.07, 6.45) is 0. The van der Waals surface area contributed by atoms with Gasteiger partial charge in [0.05, 0.1) is 25.6 Å². The second-order valence-corrected chi connectivity index (χ2v) is 5.64. The predicted molar refractivity (Wildman–Crippen MR) is 69.1 cm³/mol. The van der Waals surface area contributed by atoms with E-state index in [0.717, 1.165) is 5.01 Å². The quantitative estimate of drug-likeness (QED) is 0.787. The number of thiazole rings is 1. The SMILES string of the molecule is Cc1nc(C)c(C(=O)c2cccc(Br)c2F)s1. The summed E-state index contributed by atoms with van der Waals surface area (Å²) in [4.78, 5) is 16.8. The first-order chi connectivity index (χ1) is 8.00. The predicted octanol–water partition coefficient (Wildman–Crippen LogP) is 3.89. The number of aryl methyl sites for hydroxylation is 2. The Bertz CT molecular complexity index is 594. The summed E-state index contributed by atoms with van der Waals surface area (Å²) >= 11 is 4.36. The van der Waals surface area contributed by atoms with Gasteiger partial charge < -0.3 is 0 Å². The smallest absolute Gasteiger partial charge is 0.207 e. The zero-order valence-electron chi connectivity index (χ0n) is 9.25. The van der Waals surface area contributed by atoms with E-state index >= 15 is 0 Å². The van der Waals surface area contributed by atoms with E-state index in [-0.39, 0.29) is 11.3 Å². The van der Waals surface area contributed by atoms with Gasteiger partial charge in [-0.05, 0) is 41.9 Å². The molecule has 0 saturated heterocycles. The molecule has 2 nitrogen and oxygen atoms in total. The average molecular weight is 314 g/mol. The molecular weight excluding hydrogens is 305 g/mol. The second kappa shape index (κ2) is 4.66. The van der Waals surface area contributed by atoms with Crippen LogP contribution in [0.15, 0.2) is 22.7 Å². The van der Waals surface area contributed by atoms with Crippen LogP contribution in [0.2, 0.25) is 0 Å². The highest BCUT2D eigenvalue weighted by atomic mass is 79.9. The van der Waals surface area contributed by atoms with Crippen molar-refractivity contribution in [2.24, 2.45) is 0 Å². The lowest BCUT2D eigenvalue weighted by Crippen LogP contribution is -2.04. The van der Waals surface area contributed by atoms with E-state index in [9.17, 15) is 9.18 Å². The van der Waals surface area contributed by atoms with Crippen LogP contribution in [0.5, 0.6) is 0 Å². The highest BCUT2D eigenvalue weighted by Crippen LogP contribution is 2.25. The second-order valence-electron chi connectivity index (χ2n) is 3.58. The normalized spacial score (nSPS) is 10.6. The van der Waals surface area contributed by atoms with Crippen molar-refractivity contribution in [3.05, 3.63) is 49.6 Å². The first-order valence-corrected chi connectivity index (χ1v) is 6.54. The molecule has 0 aliphatic heterocycles. The van der Waals surface area contributed by atoms with E-state index in [2.05, 4.69) is 20.9 Å². The molecule has 0 N–H and O–H groups in total. The zero-order chi connectivity index (χ0) is 12.6. The van der Waals surface area contributed by atoms with Crippen molar-refractivity contribution >= 4 is 33.0 Å². The summed E-state index contributed by atoms with van der Waals surface area (Å²) in [5.74, 6) is -0.838. The molecule has 5 heteroatoms. The van der Waals surface area contributed by atoms with Crippen molar-refractivity contribution < 1.29 is 9.18 Å². The molecule has 0 amide bonds. The molecule has 0 fully saturated rings. The Kier molecular flexibility index (Phi) is 3.40. The third kappa shape index (κ3) is 2.30. The minimum absolute atomic E-state index is 0.0751. The van der Waals surface area contributed by atoms with E-state index in [1.165, 1.54) is 17.4 Å². The van der Waals surface area contributed by atoms with Gasteiger partial charge in [-0.3, -0.25) is 4.79 Å². The fraction of sp³-hybridized carbons (Fsp3) is 0.167. The van der Waals surface area contributed by atoms with Gasteiger partial charge in [-0.25, -0.2) is 9.37 Å². The monoisotopic (exact) mass is 313 g/mol. The number of halogens is 2. The van der Waals surface area contributed by atoms with Crippen LogP contribution in [0.3, 0.4) is 0 Å². The number of rotatable bonds is 2. The molecule has 0 spiro atoms. The third-order valence-corrected chi connectivity index (χ3v) is 3.99. The van der Waals surface area contributed by atoms with Crippen LogP contribution in [-0.4, -0.2) is 10.8 Å². The van der Waals surface area contributed by atoms with Gasteiger partial charge >= 0.3 is 0 Å². The molecule has 1 aromatic carbocycles. The van der Waals surface area contributed by atoms with Crippen molar-refractivity contribution in [1.29, 1.82) is 0 Å². The van der Waals surface area contributed by atoms with Crippen molar-refractivity contribution in [2.75, 3.05) is 0 Å². The first kappa shape index (κ1) is 12.4. The Morgan fingerprint density at radius 3 is 2.71 bits per heavy atom. The van der Waals surface area contributed by atoms with Crippen molar-refractivity contribution in [2.45, 2.75) is 13.8 Å². The van der Waals surface area contributed by atoms with Crippen molar-refractivity contribution in [1.82, 2.24) is 4.98 Å². The van der Waals surface area contributed by atoms with Gasteiger partial charge in [0, 0.05) is 0 Å². The van der Waals surface area contributed by atoms with E-state index in [1.807, 2.05) is 6.92 Å². The number of hydrogen-bond acceptors (Lipinski definition) is 3. The third-order valence-electron chi connectivity index (χ3n) is 2.31. The van der Waals surface area contributed by atoms with Crippen LogP contribution >= 0.6 is 27.3 Å². The van der Waals surface area contributed by atoms with Gasteiger partial charge in [0.15, 0.2) is 0 Å². The molecule has 0 bridgehead atoms. The number of nitrogens with zero attached hydrogens (tertiary/aromatic N) is 1. The molecule has 1 heterocycles. The molecule has 0 atom stereocenters. The fourth-order valence-electron chi connectivity index (χ4n) is 1.54. The molecule has 0 saturated carbocycles. The summed E-state index contributed by atoms with van der Waals surface area (Å²) < 4.78 is 14.1. The lowest BCUT2D eigenvalue weighted by atomic mass is 10.1. The van der Waals surface area contributed by atoms with Crippen LogP contribution in [0, 0.1) is 19.7 Å². The highest BCUT2D eigenvalue weighted by Gasteiger charge is 2.20. The van der Waals surface area contributed by atoms with Crippen LogP contribution in [0.1, 0.15) is 25.9 Å². The molecule has 2 rings (SSSR count). The molecule has 2 aromatic rings. The van der Waals surface area contributed by atoms with Gasteiger partial charge in [-0.2, -0.15) is 0 Å². The van der Waals surface area contributed by atoms with Crippen LogP contribution in [0.4, 0.5) is 4.39 Å². The fourth-order valence-corrected chi connectivity index (χ4v) is 2.78. The minimum atomic E-state index is -0.525. The van der Waals surface area contributed by atoms with E-state index in [1.54, 1.807) is 19.1 Å². The van der Waals surface area contributed by atoms with E-state index in [0.29, 0.717) is 15.0 Å². The Morgan fingerprint density at radius 1 is 1.41 bits per heavy atom. The number of carbonyl (C=O) groups is 1. The largest absolute Gasteiger partial charge is 0.288 e. The molecule has 0 radical (unpaired) electrons. The van der Waals surface area contributed by atoms with Crippen LogP contribution < -0.4 is 0 Å². The molecule has 0 unspecified atom stereocenters. The Labute approximate surface area is 111 Å². The maximum absolute atomic E-state index is 13.8. The lowest BCUT2D eigenvalue weighted by Gasteiger charge is -2.02. The van der Waals surface area contributed by atoms with Crippen molar-refractivity contribution in [3.63, 3.8) is 0 Å². The molecule has 88 valence electrons. The molecule has 17 heavy (non-hydrogen) atoms. The topological polar surface area (TPSA) is 30.0 Å². The standard InChI is InChI=1S/C12H9BrFNOS/c1-6-12(17-7(2)15-6)11(16)8-4-3-5-9(13)10(8)14/h3-5H,1-2H3. The average Bonchev–Trinajstić information content (AvgIpc) is 2.61. The van der Waals surface area contributed by atoms with Gasteiger partial charge in [-0.1, -0.05) is 6.07 Å². The summed E-state index contributed by atoms with van der Waals surface area (Å²) in [5, 5.41) is 0.807. The van der Waals surface area contributed by atoms with Crippen LogP contribution in [-0.2, 0) is 0 Å². The van der Waals surface area contributed by atoms with E-state index in [4.69, 9.17) is 0 Å². The molecule has 0 aliphatic carbocycles. The number of hydrogen-bond donors (Lipinski definition) is 0. The summed E-state index contributed by atoms with van der Waals surface area (Å²) in [6, 6.07) is 4.69. The van der Waals surface area contributed by atoms with Crippen LogP contribution in [0.25, 0.3) is 0 Å². The Morgan fingerprint density at radius 2 is 2.12 bits per heavy atom. The zero-order valence-corrected chi connectivity index (χ0v) is 11.7. The van der Waals surface area contributed by atoms with Gasteiger partial charge in [0.2, 0.25) is 5.78 Å². The minimum Gasteiger partial charge on any atom is -0.288 e. The van der Waals surface area contributed by atoms with E-state index < -0.39 is 5.82 Å². The number of carbonyl (C=O) groups excluding carboxylic acids is 1. The molecule has 0 aliphatic rings. The lowest BCUT2D eigenvalue weighted by molar-refractivity contribution is 0.103. The molecule has 1 aromatic heterocycles. The summed E-state index contributed by atoms with van der Waals surface area (Å²) in [5.41, 5.74) is 0.725. The Balaban J connectivity index is 2.51. The summed E-state index contributed by atoms with van der Waals surface area (Å²) in [6.45, 7) is 3.58. The number of benzene rings is 1. The summed E-state index contributed by atoms with van der Waals surface area (Å²) in [7, 11) is 0. The maximum atomic E-state index is 13.8. The van der Waals surface area contributed by atoms with Crippen molar-refractivity contribution in [3.8, 4) is 0 Å². The van der Waals surface area contributed by atoms with Gasteiger partial charge in [0.1, 0.15) is 5.82 Å². The first-order valence-electron chi connectivity index (χ1n) is 4.93. The van der Waals surface area contributed by atoms with Gasteiger partial charge in [-0.15, -0.1) is 11.3 Å². The number of ketones is 1. The highest BCUT2D eigenvalue weighted by molar-refractivity contribution is 9.10. The molecular formula is C12H9BrFNOS. The van der Waals surface area contributed by atoms with Gasteiger partial charge in [0.25, 0.3) is 0 Å². The number of aromatic nitrogens is 1. The maximum Gasteiger partial charge on any atom is 0.207 e. The Hall–Kier alpha value is -1.07.